The zero-order chi connectivity index (χ0) is 15.3. The lowest BCUT2D eigenvalue weighted by molar-refractivity contribution is -0.121. The molecular formula is C15H26N4O. The molecule has 112 valence electrons. The van der Waals surface area contributed by atoms with Crippen molar-refractivity contribution in [3.05, 3.63) is 18.1 Å². The molecule has 0 saturated heterocycles. The number of hydrogen-bond acceptors (Lipinski definition) is 4. The molecule has 1 rings (SSSR count). The lowest BCUT2D eigenvalue weighted by atomic mass is 9.96. The van der Waals surface area contributed by atoms with Crippen LogP contribution in [0.4, 0.5) is 5.82 Å². The zero-order valence-electron chi connectivity index (χ0n) is 13.3. The van der Waals surface area contributed by atoms with E-state index in [1.54, 1.807) is 6.20 Å². The SMILES string of the molecule is CC(C)NC(=O)C[C@@H](C)Nc1ccnc(C(C)(C)C)n1. The van der Waals surface area contributed by atoms with Gasteiger partial charge in [0.05, 0.1) is 0 Å². The Hall–Kier alpha value is -1.65. The van der Waals surface area contributed by atoms with Crippen LogP contribution in [0, 0.1) is 0 Å². The third-order valence-electron chi connectivity index (χ3n) is 2.66. The van der Waals surface area contributed by atoms with Crippen LogP contribution in [0.15, 0.2) is 12.3 Å². The van der Waals surface area contributed by atoms with Crippen LogP contribution in [-0.4, -0.2) is 28.0 Å². The summed E-state index contributed by atoms with van der Waals surface area (Å²) in [5.41, 5.74) is -0.0874. The molecule has 1 aromatic rings. The number of aromatic nitrogens is 2. The van der Waals surface area contributed by atoms with Gasteiger partial charge in [-0.1, -0.05) is 20.8 Å². The molecule has 0 aliphatic heterocycles. The van der Waals surface area contributed by atoms with Crippen LogP contribution in [0.1, 0.15) is 53.8 Å². The minimum Gasteiger partial charge on any atom is -0.367 e. The van der Waals surface area contributed by atoms with E-state index in [2.05, 4.69) is 41.4 Å². The summed E-state index contributed by atoms with van der Waals surface area (Å²) in [4.78, 5) is 20.5. The molecule has 1 heterocycles. The summed E-state index contributed by atoms with van der Waals surface area (Å²) in [6.07, 6.45) is 2.17. The van der Waals surface area contributed by atoms with Crippen molar-refractivity contribution in [3.63, 3.8) is 0 Å². The molecule has 0 unspecified atom stereocenters. The van der Waals surface area contributed by atoms with Gasteiger partial charge in [0.2, 0.25) is 5.91 Å². The summed E-state index contributed by atoms with van der Waals surface area (Å²) in [5.74, 6) is 1.60. The number of carbonyl (C=O) groups excluding carboxylic acids is 1. The minimum absolute atomic E-state index is 0.0245. The van der Waals surface area contributed by atoms with E-state index in [0.717, 1.165) is 11.6 Å². The van der Waals surface area contributed by atoms with Gasteiger partial charge < -0.3 is 10.6 Å². The van der Waals surface area contributed by atoms with E-state index in [0.29, 0.717) is 6.42 Å². The van der Waals surface area contributed by atoms with Gasteiger partial charge in [-0.15, -0.1) is 0 Å². The molecule has 1 amide bonds. The fourth-order valence-corrected chi connectivity index (χ4v) is 1.76. The molecule has 20 heavy (non-hydrogen) atoms. The molecule has 5 heteroatoms. The number of nitrogens with zero attached hydrogens (tertiary/aromatic N) is 2. The van der Waals surface area contributed by atoms with E-state index >= 15 is 0 Å². The molecule has 0 radical (unpaired) electrons. The number of rotatable bonds is 5. The van der Waals surface area contributed by atoms with E-state index in [9.17, 15) is 4.79 Å². The number of amides is 1. The number of hydrogen-bond donors (Lipinski definition) is 2. The molecule has 0 spiro atoms. The van der Waals surface area contributed by atoms with Gasteiger partial charge in [-0.25, -0.2) is 9.97 Å². The lowest BCUT2D eigenvalue weighted by Gasteiger charge is -2.19. The third-order valence-corrected chi connectivity index (χ3v) is 2.66. The molecule has 5 nitrogen and oxygen atoms in total. The minimum atomic E-state index is -0.0874. The van der Waals surface area contributed by atoms with Gasteiger partial charge in [0.1, 0.15) is 11.6 Å². The van der Waals surface area contributed by atoms with Gasteiger partial charge in [-0.05, 0) is 26.8 Å². The van der Waals surface area contributed by atoms with E-state index in [1.165, 1.54) is 0 Å². The number of nitrogens with one attached hydrogen (secondary N) is 2. The van der Waals surface area contributed by atoms with Gasteiger partial charge in [-0.2, -0.15) is 0 Å². The molecular weight excluding hydrogens is 252 g/mol. The highest BCUT2D eigenvalue weighted by molar-refractivity contribution is 5.77. The highest BCUT2D eigenvalue weighted by Gasteiger charge is 2.18. The Kier molecular flexibility index (Phi) is 5.48. The van der Waals surface area contributed by atoms with Crippen molar-refractivity contribution >= 4 is 11.7 Å². The Morgan fingerprint density at radius 1 is 1.30 bits per heavy atom. The molecule has 2 N–H and O–H groups in total. The average Bonchev–Trinajstić information content (AvgIpc) is 2.26. The van der Waals surface area contributed by atoms with Gasteiger partial charge in [-0.3, -0.25) is 4.79 Å². The quantitative estimate of drug-likeness (QED) is 0.868. The predicted molar refractivity (Wildman–Crippen MR) is 81.7 cm³/mol. The van der Waals surface area contributed by atoms with Gasteiger partial charge in [0, 0.05) is 30.1 Å². The van der Waals surface area contributed by atoms with Crippen molar-refractivity contribution in [1.82, 2.24) is 15.3 Å². The van der Waals surface area contributed by atoms with Crippen LogP contribution in [0.5, 0.6) is 0 Å². The van der Waals surface area contributed by atoms with Crippen molar-refractivity contribution in [2.24, 2.45) is 0 Å². The molecule has 0 bridgehead atoms. The van der Waals surface area contributed by atoms with Crippen LogP contribution in [0.25, 0.3) is 0 Å². The zero-order valence-corrected chi connectivity index (χ0v) is 13.3. The maximum atomic E-state index is 11.7. The Balaban J connectivity index is 2.62. The smallest absolute Gasteiger partial charge is 0.222 e. The standard InChI is InChI=1S/C15H26N4O/c1-10(2)17-13(20)9-11(3)18-12-7-8-16-14(19-12)15(4,5)6/h7-8,10-11H,9H2,1-6H3,(H,17,20)(H,16,18,19)/t11-/m1/s1. The van der Waals surface area contributed by atoms with Crippen LogP contribution < -0.4 is 10.6 Å². The second-order valence-electron chi connectivity index (χ2n) is 6.49. The van der Waals surface area contributed by atoms with Crippen molar-refractivity contribution in [2.75, 3.05) is 5.32 Å². The van der Waals surface area contributed by atoms with E-state index in [1.807, 2.05) is 26.8 Å². The maximum Gasteiger partial charge on any atom is 0.222 e. The fourth-order valence-electron chi connectivity index (χ4n) is 1.76. The molecule has 0 saturated carbocycles. The summed E-state index contributed by atoms with van der Waals surface area (Å²) in [6.45, 7) is 12.1. The van der Waals surface area contributed by atoms with E-state index < -0.39 is 0 Å². The highest BCUT2D eigenvalue weighted by atomic mass is 16.1. The first-order valence-electron chi connectivity index (χ1n) is 7.08. The van der Waals surface area contributed by atoms with Crippen LogP contribution >= 0.6 is 0 Å². The van der Waals surface area contributed by atoms with Crippen molar-refractivity contribution in [3.8, 4) is 0 Å². The Bertz CT molecular complexity index is 451. The van der Waals surface area contributed by atoms with Crippen LogP contribution in [0.3, 0.4) is 0 Å². The summed E-state index contributed by atoms with van der Waals surface area (Å²) >= 11 is 0. The second-order valence-corrected chi connectivity index (χ2v) is 6.49. The predicted octanol–water partition coefficient (Wildman–Crippen LogP) is 2.49. The van der Waals surface area contributed by atoms with Crippen LogP contribution in [-0.2, 0) is 10.2 Å². The largest absolute Gasteiger partial charge is 0.367 e. The monoisotopic (exact) mass is 278 g/mol. The van der Waals surface area contributed by atoms with Gasteiger partial charge in [0.15, 0.2) is 0 Å². The third kappa shape index (κ3) is 5.55. The Morgan fingerprint density at radius 2 is 1.95 bits per heavy atom. The molecule has 0 aromatic carbocycles. The normalized spacial score (nSPS) is 13.2. The summed E-state index contributed by atoms with van der Waals surface area (Å²) in [6, 6.07) is 2.02. The van der Waals surface area contributed by atoms with Crippen molar-refractivity contribution in [1.29, 1.82) is 0 Å². The number of carbonyl (C=O) groups is 1. The van der Waals surface area contributed by atoms with E-state index in [4.69, 9.17) is 0 Å². The maximum absolute atomic E-state index is 11.7. The molecule has 0 fully saturated rings. The molecule has 0 aliphatic carbocycles. The van der Waals surface area contributed by atoms with Crippen molar-refractivity contribution in [2.45, 2.75) is 65.5 Å². The van der Waals surface area contributed by atoms with Crippen LogP contribution in [0.2, 0.25) is 0 Å². The Morgan fingerprint density at radius 3 is 2.50 bits per heavy atom. The Labute approximate surface area is 121 Å². The fraction of sp³-hybridized carbons (Fsp3) is 0.667. The number of anilines is 1. The first-order valence-corrected chi connectivity index (χ1v) is 7.08. The average molecular weight is 278 g/mol. The topological polar surface area (TPSA) is 66.9 Å². The summed E-state index contributed by atoms with van der Waals surface area (Å²) in [5, 5.41) is 6.13. The summed E-state index contributed by atoms with van der Waals surface area (Å²) < 4.78 is 0. The van der Waals surface area contributed by atoms with E-state index in [-0.39, 0.29) is 23.4 Å². The first-order chi connectivity index (χ1) is 9.18. The summed E-state index contributed by atoms with van der Waals surface area (Å²) in [7, 11) is 0. The lowest BCUT2D eigenvalue weighted by Crippen LogP contribution is -2.34. The van der Waals surface area contributed by atoms with Gasteiger partial charge >= 0.3 is 0 Å². The van der Waals surface area contributed by atoms with Gasteiger partial charge in [0.25, 0.3) is 0 Å². The highest BCUT2D eigenvalue weighted by Crippen LogP contribution is 2.19. The second kappa shape index (κ2) is 6.68. The van der Waals surface area contributed by atoms with Crippen molar-refractivity contribution < 1.29 is 4.79 Å². The molecule has 1 aromatic heterocycles. The molecule has 0 aliphatic rings. The molecule has 1 atom stereocenters. The first kappa shape index (κ1) is 16.4.